The van der Waals surface area contributed by atoms with Crippen LogP contribution in [0.3, 0.4) is 0 Å². The van der Waals surface area contributed by atoms with Crippen LogP contribution in [0.4, 0.5) is 0 Å². The van der Waals surface area contributed by atoms with Gasteiger partial charge in [0.25, 0.3) is 5.91 Å². The van der Waals surface area contributed by atoms with Crippen LogP contribution < -0.4 is 5.32 Å². The summed E-state index contributed by atoms with van der Waals surface area (Å²) in [5.74, 6) is -0.348. The predicted molar refractivity (Wildman–Crippen MR) is 104 cm³/mol. The zero-order valence-corrected chi connectivity index (χ0v) is 16.4. The number of hydrogen-bond acceptors (Lipinski definition) is 5. The molecule has 1 aromatic carbocycles. The minimum atomic E-state index is -0.641. The summed E-state index contributed by atoms with van der Waals surface area (Å²) in [5, 5.41) is 2.75. The smallest absolute Gasteiger partial charge is 0.330 e. The van der Waals surface area contributed by atoms with Gasteiger partial charge in [0.15, 0.2) is 6.61 Å². The van der Waals surface area contributed by atoms with E-state index in [0.29, 0.717) is 25.1 Å². The number of hydrogen-bond donors (Lipinski definition) is 1. The molecule has 0 bridgehead atoms. The number of nitrogens with one attached hydrogen (secondary N) is 1. The number of benzene rings is 1. The van der Waals surface area contributed by atoms with E-state index in [0.717, 1.165) is 24.8 Å². The Labute approximate surface area is 164 Å². The van der Waals surface area contributed by atoms with Crippen LogP contribution in [0, 0.1) is 0 Å². The molecule has 0 saturated carbocycles. The number of rotatable bonds is 8. The molecule has 1 N–H and O–H groups in total. The zero-order valence-electron chi connectivity index (χ0n) is 15.6. The molecule has 2 amide bonds. The fourth-order valence-electron chi connectivity index (χ4n) is 3.70. The van der Waals surface area contributed by atoms with Crippen LogP contribution in [0.5, 0.6) is 0 Å². The highest BCUT2D eigenvalue weighted by atomic mass is 32.2. The number of thioether (sulfide) groups is 1. The predicted octanol–water partition coefficient (Wildman–Crippen LogP) is 2.43. The quantitative estimate of drug-likeness (QED) is 0.545. The molecule has 7 heteroatoms. The molecule has 2 saturated heterocycles. The van der Waals surface area contributed by atoms with Crippen molar-refractivity contribution >= 4 is 29.5 Å². The normalized spacial score (nSPS) is 24.0. The molecular formula is C20H26N2O4S. The minimum Gasteiger partial charge on any atom is -0.454 e. The van der Waals surface area contributed by atoms with Crippen molar-refractivity contribution in [2.24, 2.45) is 0 Å². The molecule has 2 aliphatic rings. The molecule has 2 fully saturated rings. The van der Waals surface area contributed by atoms with Gasteiger partial charge in [0.1, 0.15) is 10.9 Å². The number of carbonyl (C=O) groups is 3. The Morgan fingerprint density at radius 1 is 1.30 bits per heavy atom. The monoisotopic (exact) mass is 390 g/mol. The molecule has 0 spiro atoms. The van der Waals surface area contributed by atoms with E-state index >= 15 is 0 Å². The largest absolute Gasteiger partial charge is 0.454 e. The molecule has 2 aliphatic heterocycles. The number of ether oxygens (including phenoxy) is 1. The average Bonchev–Trinajstić information content (AvgIpc) is 3.23. The van der Waals surface area contributed by atoms with Crippen LogP contribution in [0.1, 0.15) is 44.6 Å². The summed E-state index contributed by atoms with van der Waals surface area (Å²) >= 11 is 1.61. The first-order chi connectivity index (χ1) is 13.1. The van der Waals surface area contributed by atoms with E-state index in [1.54, 1.807) is 16.7 Å². The van der Waals surface area contributed by atoms with E-state index in [-0.39, 0.29) is 18.4 Å². The summed E-state index contributed by atoms with van der Waals surface area (Å²) < 4.78 is 5.22. The highest BCUT2D eigenvalue weighted by Gasteiger charge is 2.57. The van der Waals surface area contributed by atoms with Crippen molar-refractivity contribution in [3.63, 3.8) is 0 Å². The molecule has 146 valence electrons. The number of esters is 1. The highest BCUT2D eigenvalue weighted by Crippen LogP contribution is 2.54. The van der Waals surface area contributed by atoms with E-state index in [2.05, 4.69) is 12.2 Å². The molecule has 0 unspecified atom stereocenters. The first-order valence-electron chi connectivity index (χ1n) is 9.53. The molecule has 2 heterocycles. The van der Waals surface area contributed by atoms with Gasteiger partial charge in [0.2, 0.25) is 5.91 Å². The topological polar surface area (TPSA) is 75.7 Å². The lowest BCUT2D eigenvalue weighted by Gasteiger charge is -2.33. The Bertz CT molecular complexity index is 696. The van der Waals surface area contributed by atoms with E-state index in [9.17, 15) is 14.4 Å². The van der Waals surface area contributed by atoms with E-state index in [1.807, 2.05) is 30.3 Å². The lowest BCUT2D eigenvalue weighted by Crippen LogP contribution is -2.47. The highest BCUT2D eigenvalue weighted by molar-refractivity contribution is 8.00. The van der Waals surface area contributed by atoms with Gasteiger partial charge >= 0.3 is 5.97 Å². The number of unbranched alkanes of at least 4 members (excludes halogenated alkanes) is 2. The van der Waals surface area contributed by atoms with E-state index < -0.39 is 16.9 Å². The van der Waals surface area contributed by atoms with Gasteiger partial charge in [0, 0.05) is 18.7 Å². The fraction of sp³-hybridized carbons (Fsp3) is 0.550. The van der Waals surface area contributed by atoms with Crippen molar-refractivity contribution in [2.45, 2.75) is 49.9 Å². The first kappa shape index (κ1) is 19.7. The van der Waals surface area contributed by atoms with Crippen LogP contribution in [-0.2, 0) is 24.0 Å². The Balaban J connectivity index is 1.60. The Morgan fingerprint density at radius 2 is 2.07 bits per heavy atom. The molecule has 3 rings (SSSR count). The summed E-state index contributed by atoms with van der Waals surface area (Å²) in [6.07, 6.45) is 4.15. The number of nitrogens with zero attached hydrogens (tertiary/aromatic N) is 1. The molecule has 1 aromatic rings. The second-order valence-corrected chi connectivity index (χ2v) is 8.20. The standard InChI is InChI=1S/C20H26N2O4S/c1-2-3-7-12-21-17(23)13-26-19(25)16-14-27-20(11-10-18(24)22(16)20)15-8-5-4-6-9-15/h4-6,8-9,16H,2-3,7,10-14H2,1H3,(H,21,23)/t16-,20-/m0/s1. The molecule has 6 nitrogen and oxygen atoms in total. The lowest BCUT2D eigenvalue weighted by atomic mass is 10.0. The van der Waals surface area contributed by atoms with Gasteiger partial charge in [-0.15, -0.1) is 11.8 Å². The molecule has 2 atom stereocenters. The van der Waals surface area contributed by atoms with Crippen LogP contribution in [-0.4, -0.2) is 47.6 Å². The van der Waals surface area contributed by atoms with Crippen LogP contribution in [0.2, 0.25) is 0 Å². The Hall–Kier alpha value is -2.02. The van der Waals surface area contributed by atoms with Crippen molar-refractivity contribution in [2.75, 3.05) is 18.9 Å². The van der Waals surface area contributed by atoms with Gasteiger partial charge in [-0.3, -0.25) is 9.59 Å². The number of carbonyl (C=O) groups excluding carboxylic acids is 3. The maximum atomic E-state index is 12.6. The second-order valence-electron chi connectivity index (χ2n) is 6.91. The van der Waals surface area contributed by atoms with Crippen LogP contribution in [0.25, 0.3) is 0 Å². The molecule has 0 aliphatic carbocycles. The molecule has 27 heavy (non-hydrogen) atoms. The van der Waals surface area contributed by atoms with Gasteiger partial charge < -0.3 is 15.0 Å². The Morgan fingerprint density at radius 3 is 2.81 bits per heavy atom. The van der Waals surface area contributed by atoms with Gasteiger partial charge in [0.05, 0.1) is 0 Å². The summed E-state index contributed by atoms with van der Waals surface area (Å²) in [5.41, 5.74) is 1.03. The van der Waals surface area contributed by atoms with Crippen molar-refractivity contribution < 1.29 is 19.1 Å². The minimum absolute atomic E-state index is 0.0326. The molecule has 0 radical (unpaired) electrons. The summed E-state index contributed by atoms with van der Waals surface area (Å²) in [7, 11) is 0. The maximum Gasteiger partial charge on any atom is 0.330 e. The Kier molecular flexibility index (Phi) is 6.42. The zero-order chi connectivity index (χ0) is 19.3. The first-order valence-corrected chi connectivity index (χ1v) is 10.5. The SMILES string of the molecule is CCCCCNC(=O)COC(=O)[C@@H]1CS[C@]2(c3ccccc3)CCC(=O)N12. The van der Waals surface area contributed by atoms with Crippen molar-refractivity contribution in [3.8, 4) is 0 Å². The third-order valence-corrected chi connectivity index (χ3v) is 6.67. The summed E-state index contributed by atoms with van der Waals surface area (Å²) in [6.45, 7) is 2.38. The van der Waals surface area contributed by atoms with Gasteiger partial charge in [-0.05, 0) is 18.4 Å². The van der Waals surface area contributed by atoms with Crippen LogP contribution in [0.15, 0.2) is 30.3 Å². The summed E-state index contributed by atoms with van der Waals surface area (Å²) in [6, 6.07) is 9.18. The van der Waals surface area contributed by atoms with Crippen molar-refractivity contribution in [1.82, 2.24) is 10.2 Å². The molecule has 0 aromatic heterocycles. The third-order valence-electron chi connectivity index (χ3n) is 5.07. The summed E-state index contributed by atoms with van der Waals surface area (Å²) in [4.78, 5) is 38.1. The van der Waals surface area contributed by atoms with Crippen molar-refractivity contribution in [3.05, 3.63) is 35.9 Å². The second kappa shape index (κ2) is 8.78. The van der Waals surface area contributed by atoms with Gasteiger partial charge in [-0.2, -0.15) is 0 Å². The lowest BCUT2D eigenvalue weighted by molar-refractivity contribution is -0.156. The number of amides is 2. The van der Waals surface area contributed by atoms with Gasteiger partial charge in [-0.25, -0.2) is 4.79 Å². The average molecular weight is 391 g/mol. The van der Waals surface area contributed by atoms with E-state index in [4.69, 9.17) is 4.74 Å². The van der Waals surface area contributed by atoms with E-state index in [1.165, 1.54) is 0 Å². The third kappa shape index (κ3) is 4.13. The number of fused-ring (bicyclic) bond motifs is 1. The van der Waals surface area contributed by atoms with Crippen molar-refractivity contribution in [1.29, 1.82) is 0 Å². The fourth-order valence-corrected chi connectivity index (χ4v) is 5.34. The maximum absolute atomic E-state index is 12.6. The van der Waals surface area contributed by atoms with Crippen LogP contribution >= 0.6 is 11.8 Å². The van der Waals surface area contributed by atoms with Gasteiger partial charge in [-0.1, -0.05) is 50.1 Å². The molecular weight excluding hydrogens is 364 g/mol.